The fourth-order valence-electron chi connectivity index (χ4n) is 4.41. The van der Waals surface area contributed by atoms with Crippen LogP contribution in [-0.4, -0.2) is 78.0 Å². The number of para-hydroxylation sites is 1. The molecule has 0 atom stereocenters. The maximum Gasteiger partial charge on any atom is 0.153 e. The molecular weight excluding hydrogens is 400 g/mol. The number of benzene rings is 1. The number of ether oxygens (including phenoxy) is 1. The number of piperazine rings is 1. The first-order chi connectivity index (χ1) is 15.8. The molecule has 166 valence electrons. The molecule has 32 heavy (non-hydrogen) atoms. The molecule has 0 radical (unpaired) electrons. The summed E-state index contributed by atoms with van der Waals surface area (Å²) in [6.07, 6.45) is 5.96. The molecule has 3 aromatic rings. The molecule has 0 spiro atoms. The molecule has 1 aromatic carbocycles. The number of aromatic nitrogens is 3. The van der Waals surface area contributed by atoms with Gasteiger partial charge in [-0.2, -0.15) is 0 Å². The lowest BCUT2D eigenvalue weighted by molar-refractivity contribution is 0.0593. The van der Waals surface area contributed by atoms with Crippen LogP contribution in [0.4, 0.5) is 11.5 Å². The minimum Gasteiger partial charge on any atom is -0.369 e. The smallest absolute Gasteiger partial charge is 0.153 e. The van der Waals surface area contributed by atoms with E-state index in [0.717, 1.165) is 70.1 Å². The van der Waals surface area contributed by atoms with E-state index in [1.54, 1.807) is 6.20 Å². The summed E-state index contributed by atoms with van der Waals surface area (Å²) in [4.78, 5) is 11.4. The molecule has 0 bridgehead atoms. The molecule has 2 aliphatic rings. The molecule has 2 fully saturated rings. The highest BCUT2D eigenvalue weighted by molar-refractivity contribution is 5.47. The first kappa shape index (κ1) is 20.8. The Morgan fingerprint density at radius 3 is 2.50 bits per heavy atom. The first-order valence-corrected chi connectivity index (χ1v) is 11.5. The van der Waals surface area contributed by atoms with Gasteiger partial charge in [0.25, 0.3) is 0 Å². The predicted molar refractivity (Wildman–Crippen MR) is 127 cm³/mol. The molecular formula is C25H30N6O. The van der Waals surface area contributed by atoms with Crippen molar-refractivity contribution in [1.29, 1.82) is 0 Å². The molecule has 2 saturated heterocycles. The van der Waals surface area contributed by atoms with Gasteiger partial charge in [0.2, 0.25) is 0 Å². The van der Waals surface area contributed by atoms with Crippen LogP contribution < -0.4 is 9.80 Å². The van der Waals surface area contributed by atoms with Gasteiger partial charge in [-0.3, -0.25) is 4.90 Å². The summed E-state index contributed by atoms with van der Waals surface area (Å²) >= 11 is 0. The van der Waals surface area contributed by atoms with Gasteiger partial charge in [-0.05, 0) is 37.1 Å². The fraction of sp³-hybridized carbons (Fsp3) is 0.440. The van der Waals surface area contributed by atoms with Crippen molar-refractivity contribution >= 4 is 17.2 Å². The van der Waals surface area contributed by atoms with Crippen LogP contribution in [0, 0.1) is 11.8 Å². The average molecular weight is 431 g/mol. The lowest BCUT2D eigenvalue weighted by Crippen LogP contribution is -2.46. The Balaban J connectivity index is 0.997. The van der Waals surface area contributed by atoms with Gasteiger partial charge in [-0.25, -0.2) is 9.50 Å². The molecule has 0 amide bonds. The van der Waals surface area contributed by atoms with Crippen molar-refractivity contribution < 1.29 is 4.74 Å². The zero-order chi connectivity index (χ0) is 21.6. The second-order valence-corrected chi connectivity index (χ2v) is 8.37. The van der Waals surface area contributed by atoms with Crippen LogP contribution in [0.5, 0.6) is 0 Å². The number of fused-ring (bicyclic) bond motifs is 1. The van der Waals surface area contributed by atoms with Crippen molar-refractivity contribution in [3.05, 3.63) is 54.9 Å². The topological polar surface area (TPSA) is 49.1 Å². The molecule has 7 heteroatoms. The summed E-state index contributed by atoms with van der Waals surface area (Å²) in [5, 5.41) is 4.65. The van der Waals surface area contributed by atoms with Crippen molar-refractivity contribution in [1.82, 2.24) is 19.5 Å². The Bertz CT molecular complexity index is 1060. The maximum absolute atomic E-state index is 6.03. The van der Waals surface area contributed by atoms with Gasteiger partial charge in [-0.15, -0.1) is 5.10 Å². The second kappa shape index (κ2) is 10.0. The molecule has 0 N–H and O–H groups in total. The van der Waals surface area contributed by atoms with E-state index in [-0.39, 0.29) is 6.10 Å². The van der Waals surface area contributed by atoms with E-state index in [2.05, 4.69) is 73.0 Å². The zero-order valence-corrected chi connectivity index (χ0v) is 18.4. The standard InChI is InChI=1S/C25H30N6O/c1-2-6-22(7-3-1)29-19-17-28(18-20-29)13-4-5-21-32-23-10-14-30(15-11-23)25-9-8-24-26-12-16-31(24)27-25/h1-3,6-9,12,16,23H,10-11,13-15,17-21H2. The van der Waals surface area contributed by atoms with Crippen LogP contribution in [0.15, 0.2) is 54.9 Å². The summed E-state index contributed by atoms with van der Waals surface area (Å²) in [6, 6.07) is 14.7. The molecule has 2 aliphatic heterocycles. The Kier molecular flexibility index (Phi) is 6.52. The van der Waals surface area contributed by atoms with Crippen molar-refractivity contribution in [2.75, 3.05) is 62.2 Å². The number of piperidine rings is 1. The minimum atomic E-state index is 0.284. The lowest BCUT2D eigenvalue weighted by Gasteiger charge is -2.35. The van der Waals surface area contributed by atoms with E-state index >= 15 is 0 Å². The number of rotatable bonds is 5. The fourth-order valence-corrected chi connectivity index (χ4v) is 4.41. The Labute approximate surface area is 189 Å². The van der Waals surface area contributed by atoms with Gasteiger partial charge in [-0.1, -0.05) is 30.0 Å². The van der Waals surface area contributed by atoms with Gasteiger partial charge < -0.3 is 14.5 Å². The molecule has 5 rings (SSSR count). The minimum absolute atomic E-state index is 0.284. The summed E-state index contributed by atoms with van der Waals surface area (Å²) in [6.45, 7) is 7.49. The summed E-state index contributed by atoms with van der Waals surface area (Å²) in [5.41, 5.74) is 2.19. The highest BCUT2D eigenvalue weighted by Gasteiger charge is 2.21. The van der Waals surface area contributed by atoms with Crippen LogP contribution in [0.25, 0.3) is 5.65 Å². The van der Waals surface area contributed by atoms with Gasteiger partial charge in [0, 0.05) is 57.3 Å². The molecule has 0 aliphatic carbocycles. The normalized spacial score (nSPS) is 18.0. The van der Waals surface area contributed by atoms with Crippen LogP contribution >= 0.6 is 0 Å². The number of hydrogen-bond donors (Lipinski definition) is 0. The van der Waals surface area contributed by atoms with Gasteiger partial charge in [0.05, 0.1) is 12.6 Å². The van der Waals surface area contributed by atoms with Crippen LogP contribution in [0.3, 0.4) is 0 Å². The van der Waals surface area contributed by atoms with Crippen LogP contribution in [0.1, 0.15) is 12.8 Å². The van der Waals surface area contributed by atoms with E-state index in [9.17, 15) is 0 Å². The largest absolute Gasteiger partial charge is 0.369 e. The third-order valence-electron chi connectivity index (χ3n) is 6.32. The Hall–Kier alpha value is -3.08. The van der Waals surface area contributed by atoms with E-state index in [1.165, 1.54) is 5.69 Å². The highest BCUT2D eigenvalue weighted by atomic mass is 16.5. The third-order valence-corrected chi connectivity index (χ3v) is 6.32. The number of anilines is 2. The summed E-state index contributed by atoms with van der Waals surface area (Å²) < 4.78 is 7.86. The van der Waals surface area contributed by atoms with E-state index < -0.39 is 0 Å². The zero-order valence-electron chi connectivity index (χ0n) is 18.4. The van der Waals surface area contributed by atoms with Crippen molar-refractivity contribution in [2.24, 2.45) is 0 Å². The van der Waals surface area contributed by atoms with Gasteiger partial charge in [0.15, 0.2) is 5.65 Å². The van der Waals surface area contributed by atoms with Gasteiger partial charge >= 0.3 is 0 Å². The summed E-state index contributed by atoms with van der Waals surface area (Å²) in [7, 11) is 0. The SMILES string of the molecule is C(#CCN1CCN(c2ccccc2)CC1)COC1CCN(c2ccc3nccn3n2)CC1. The average Bonchev–Trinajstić information content (AvgIpc) is 3.33. The third kappa shape index (κ3) is 5.04. The lowest BCUT2D eigenvalue weighted by atomic mass is 10.1. The monoisotopic (exact) mass is 430 g/mol. The first-order valence-electron chi connectivity index (χ1n) is 11.5. The quantitative estimate of drug-likeness (QED) is 0.580. The van der Waals surface area contributed by atoms with Crippen LogP contribution in [-0.2, 0) is 4.74 Å². The molecule has 0 saturated carbocycles. The molecule has 2 aromatic heterocycles. The summed E-state index contributed by atoms with van der Waals surface area (Å²) in [5.74, 6) is 7.52. The van der Waals surface area contributed by atoms with Crippen molar-refractivity contribution in [3.8, 4) is 11.8 Å². The van der Waals surface area contributed by atoms with E-state index in [4.69, 9.17) is 4.74 Å². The molecule has 0 unspecified atom stereocenters. The van der Waals surface area contributed by atoms with Crippen molar-refractivity contribution in [2.45, 2.75) is 18.9 Å². The Morgan fingerprint density at radius 2 is 1.69 bits per heavy atom. The van der Waals surface area contributed by atoms with E-state index in [0.29, 0.717) is 6.61 Å². The molecule has 4 heterocycles. The molecule has 7 nitrogen and oxygen atoms in total. The van der Waals surface area contributed by atoms with Gasteiger partial charge in [0.1, 0.15) is 12.4 Å². The number of hydrogen-bond acceptors (Lipinski definition) is 6. The highest BCUT2D eigenvalue weighted by Crippen LogP contribution is 2.20. The van der Waals surface area contributed by atoms with Crippen molar-refractivity contribution in [3.63, 3.8) is 0 Å². The maximum atomic E-state index is 6.03. The van der Waals surface area contributed by atoms with E-state index in [1.807, 2.05) is 16.8 Å². The van der Waals surface area contributed by atoms with Crippen LogP contribution in [0.2, 0.25) is 0 Å². The second-order valence-electron chi connectivity index (χ2n) is 8.37. The number of imidazole rings is 1. The Morgan fingerprint density at radius 1 is 0.875 bits per heavy atom. The number of nitrogens with zero attached hydrogens (tertiary/aromatic N) is 6. The predicted octanol–water partition coefficient (Wildman–Crippen LogP) is 2.54.